The number of fused-ring (bicyclic) bond motifs is 1. The Labute approximate surface area is 86.1 Å². The lowest BCUT2D eigenvalue weighted by Crippen LogP contribution is -2.18. The molecule has 0 fully saturated rings. The SMILES string of the molecule is CC(CCl)Nc1nccn2cnnc12. The van der Waals surface area contributed by atoms with Gasteiger partial charge in [0.15, 0.2) is 5.82 Å². The number of hydrogen-bond acceptors (Lipinski definition) is 4. The van der Waals surface area contributed by atoms with Crippen LogP contribution in [0.25, 0.3) is 5.65 Å². The highest BCUT2D eigenvalue weighted by molar-refractivity contribution is 6.18. The molecule has 5 nitrogen and oxygen atoms in total. The molecule has 0 saturated heterocycles. The number of aromatic nitrogens is 4. The summed E-state index contributed by atoms with van der Waals surface area (Å²) in [5.41, 5.74) is 0.712. The van der Waals surface area contributed by atoms with E-state index in [1.165, 1.54) is 0 Å². The van der Waals surface area contributed by atoms with Gasteiger partial charge >= 0.3 is 0 Å². The van der Waals surface area contributed by atoms with Crippen molar-refractivity contribution in [2.24, 2.45) is 0 Å². The molecule has 0 aliphatic carbocycles. The number of nitrogens with zero attached hydrogens (tertiary/aromatic N) is 4. The van der Waals surface area contributed by atoms with Gasteiger partial charge in [-0.05, 0) is 6.92 Å². The van der Waals surface area contributed by atoms with Gasteiger partial charge in [0.25, 0.3) is 0 Å². The lowest BCUT2D eigenvalue weighted by molar-refractivity contribution is 0.894. The van der Waals surface area contributed by atoms with Crippen molar-refractivity contribution in [2.45, 2.75) is 13.0 Å². The van der Waals surface area contributed by atoms with E-state index < -0.39 is 0 Å². The third-order valence-corrected chi connectivity index (χ3v) is 2.29. The van der Waals surface area contributed by atoms with Crippen molar-refractivity contribution in [3.05, 3.63) is 18.7 Å². The Bertz CT molecular complexity index is 426. The zero-order chi connectivity index (χ0) is 9.97. The molecule has 0 spiro atoms. The first-order valence-electron chi connectivity index (χ1n) is 4.28. The number of rotatable bonds is 3. The van der Waals surface area contributed by atoms with E-state index in [9.17, 15) is 0 Å². The van der Waals surface area contributed by atoms with Crippen LogP contribution in [0.5, 0.6) is 0 Å². The molecule has 1 unspecified atom stereocenters. The topological polar surface area (TPSA) is 55.1 Å². The zero-order valence-corrected chi connectivity index (χ0v) is 8.44. The molecule has 1 atom stereocenters. The average Bonchev–Trinajstić information content (AvgIpc) is 2.66. The van der Waals surface area contributed by atoms with Crippen LogP contribution in [-0.2, 0) is 0 Å². The third kappa shape index (κ3) is 1.63. The summed E-state index contributed by atoms with van der Waals surface area (Å²) in [5.74, 6) is 1.23. The van der Waals surface area contributed by atoms with Crippen LogP contribution in [0.15, 0.2) is 18.7 Å². The van der Waals surface area contributed by atoms with E-state index in [1.54, 1.807) is 23.1 Å². The van der Waals surface area contributed by atoms with E-state index in [4.69, 9.17) is 11.6 Å². The van der Waals surface area contributed by atoms with Gasteiger partial charge < -0.3 is 5.32 Å². The van der Waals surface area contributed by atoms with Gasteiger partial charge in [0.2, 0.25) is 5.65 Å². The Balaban J connectivity index is 2.36. The lowest BCUT2D eigenvalue weighted by atomic mass is 10.4. The molecule has 0 bridgehead atoms. The standard InChI is InChI=1S/C8H10ClN5/c1-6(4-9)12-7-8-13-11-5-14(8)3-2-10-7/h2-3,5-6H,4H2,1H3,(H,10,12). The van der Waals surface area contributed by atoms with Crippen LogP contribution in [0, 0.1) is 0 Å². The lowest BCUT2D eigenvalue weighted by Gasteiger charge is -2.10. The summed E-state index contributed by atoms with van der Waals surface area (Å²) in [6.07, 6.45) is 5.12. The van der Waals surface area contributed by atoms with Crippen LogP contribution in [0.4, 0.5) is 5.82 Å². The third-order valence-electron chi connectivity index (χ3n) is 1.83. The molecule has 2 aromatic rings. The Hall–Kier alpha value is -1.36. The predicted molar refractivity (Wildman–Crippen MR) is 54.6 cm³/mol. The second-order valence-electron chi connectivity index (χ2n) is 3.04. The van der Waals surface area contributed by atoms with E-state index in [1.807, 2.05) is 6.92 Å². The summed E-state index contributed by atoms with van der Waals surface area (Å²) in [6, 6.07) is 0.159. The maximum Gasteiger partial charge on any atom is 0.203 e. The molecule has 0 aliphatic rings. The maximum atomic E-state index is 5.69. The number of alkyl halides is 1. The van der Waals surface area contributed by atoms with Gasteiger partial charge in [-0.25, -0.2) is 4.98 Å². The van der Waals surface area contributed by atoms with E-state index in [2.05, 4.69) is 20.5 Å². The van der Waals surface area contributed by atoms with Crippen molar-refractivity contribution in [1.82, 2.24) is 19.6 Å². The van der Waals surface area contributed by atoms with Gasteiger partial charge in [-0.1, -0.05) is 0 Å². The predicted octanol–water partition coefficient (Wildman–Crippen LogP) is 1.16. The summed E-state index contributed by atoms with van der Waals surface area (Å²) in [7, 11) is 0. The van der Waals surface area contributed by atoms with Crippen LogP contribution in [-0.4, -0.2) is 31.5 Å². The van der Waals surface area contributed by atoms with Crippen LogP contribution >= 0.6 is 11.6 Å². The van der Waals surface area contributed by atoms with Crippen molar-refractivity contribution in [2.75, 3.05) is 11.2 Å². The number of anilines is 1. The first kappa shape index (κ1) is 9.21. The van der Waals surface area contributed by atoms with Crippen LogP contribution in [0.1, 0.15) is 6.92 Å². The fraction of sp³-hybridized carbons (Fsp3) is 0.375. The van der Waals surface area contributed by atoms with Crippen molar-refractivity contribution < 1.29 is 0 Å². The second-order valence-corrected chi connectivity index (χ2v) is 3.35. The molecule has 1 N–H and O–H groups in total. The minimum absolute atomic E-state index is 0.159. The molecule has 74 valence electrons. The molecule has 2 aromatic heterocycles. The fourth-order valence-electron chi connectivity index (χ4n) is 1.13. The summed E-state index contributed by atoms with van der Waals surface area (Å²) in [6.45, 7) is 1.98. The Morgan fingerprint density at radius 2 is 2.50 bits per heavy atom. The summed E-state index contributed by atoms with van der Waals surface area (Å²) >= 11 is 5.69. The molecule has 2 rings (SSSR count). The highest BCUT2D eigenvalue weighted by atomic mass is 35.5. The molecule has 2 heterocycles. The van der Waals surface area contributed by atoms with E-state index >= 15 is 0 Å². The minimum atomic E-state index is 0.159. The molecule has 0 aromatic carbocycles. The summed E-state index contributed by atoms with van der Waals surface area (Å²) in [4.78, 5) is 4.17. The van der Waals surface area contributed by atoms with E-state index in [0.29, 0.717) is 17.3 Å². The molecule has 0 saturated carbocycles. The van der Waals surface area contributed by atoms with Crippen LogP contribution in [0.3, 0.4) is 0 Å². The smallest absolute Gasteiger partial charge is 0.203 e. The highest BCUT2D eigenvalue weighted by Crippen LogP contribution is 2.10. The minimum Gasteiger partial charge on any atom is -0.363 e. The van der Waals surface area contributed by atoms with E-state index in [-0.39, 0.29) is 6.04 Å². The van der Waals surface area contributed by atoms with Gasteiger partial charge in [-0.2, -0.15) is 0 Å². The highest BCUT2D eigenvalue weighted by Gasteiger charge is 2.06. The monoisotopic (exact) mass is 211 g/mol. The van der Waals surface area contributed by atoms with Crippen LogP contribution < -0.4 is 5.32 Å². The van der Waals surface area contributed by atoms with Gasteiger partial charge in [0, 0.05) is 24.3 Å². The number of halogens is 1. The molecule has 0 amide bonds. The van der Waals surface area contributed by atoms with Crippen molar-refractivity contribution >= 4 is 23.1 Å². The Kier molecular flexibility index (Phi) is 2.49. The average molecular weight is 212 g/mol. The normalized spacial score (nSPS) is 13.0. The first-order chi connectivity index (χ1) is 6.81. The largest absolute Gasteiger partial charge is 0.363 e. The molecule has 6 heteroatoms. The summed E-state index contributed by atoms with van der Waals surface area (Å²) in [5, 5.41) is 10.9. The van der Waals surface area contributed by atoms with Crippen molar-refractivity contribution in [3.63, 3.8) is 0 Å². The number of nitrogens with one attached hydrogen (secondary N) is 1. The van der Waals surface area contributed by atoms with Crippen molar-refractivity contribution in [3.8, 4) is 0 Å². The van der Waals surface area contributed by atoms with Gasteiger partial charge in [-0.3, -0.25) is 4.40 Å². The number of hydrogen-bond donors (Lipinski definition) is 1. The van der Waals surface area contributed by atoms with E-state index in [0.717, 1.165) is 0 Å². The van der Waals surface area contributed by atoms with Crippen LogP contribution in [0.2, 0.25) is 0 Å². The molecular weight excluding hydrogens is 202 g/mol. The molecule has 14 heavy (non-hydrogen) atoms. The Morgan fingerprint density at radius 3 is 3.29 bits per heavy atom. The van der Waals surface area contributed by atoms with Crippen molar-refractivity contribution in [1.29, 1.82) is 0 Å². The van der Waals surface area contributed by atoms with Gasteiger partial charge in [0.1, 0.15) is 6.33 Å². The van der Waals surface area contributed by atoms with Gasteiger partial charge in [0.05, 0.1) is 0 Å². The zero-order valence-electron chi connectivity index (χ0n) is 7.68. The Morgan fingerprint density at radius 1 is 1.64 bits per heavy atom. The first-order valence-corrected chi connectivity index (χ1v) is 4.81. The molecule has 0 radical (unpaired) electrons. The second kappa shape index (κ2) is 3.79. The quantitative estimate of drug-likeness (QED) is 0.775. The fourth-order valence-corrected chi connectivity index (χ4v) is 1.21. The van der Waals surface area contributed by atoms with Gasteiger partial charge in [-0.15, -0.1) is 21.8 Å². The maximum absolute atomic E-state index is 5.69. The molecular formula is C8H10ClN5. The molecule has 0 aliphatic heterocycles. The summed E-state index contributed by atoms with van der Waals surface area (Å²) < 4.78 is 1.80.